The van der Waals surface area contributed by atoms with Crippen molar-refractivity contribution >= 4 is 5.97 Å². The first kappa shape index (κ1) is 12.6. The Morgan fingerprint density at radius 1 is 1.42 bits per heavy atom. The van der Waals surface area contributed by atoms with E-state index in [0.717, 1.165) is 12.0 Å². The molecule has 2 fully saturated rings. The molecule has 0 amide bonds. The maximum atomic E-state index is 11.6. The van der Waals surface area contributed by atoms with E-state index in [9.17, 15) is 9.90 Å². The molecule has 1 N–H and O–H groups in total. The number of rotatable bonds is 4. The molecular weight excluding hydrogens is 244 g/mol. The number of carbonyl (C=O) groups is 1. The highest BCUT2D eigenvalue weighted by molar-refractivity contribution is 5.84. The molecule has 0 radical (unpaired) electrons. The molecule has 19 heavy (non-hydrogen) atoms. The molecule has 102 valence electrons. The minimum Gasteiger partial charge on any atom is -0.479 e. The average molecular weight is 262 g/mol. The van der Waals surface area contributed by atoms with Gasteiger partial charge in [-0.2, -0.15) is 0 Å². The summed E-state index contributed by atoms with van der Waals surface area (Å²) in [6.45, 7) is 2.48. The number of carboxylic acid groups (broad SMARTS) is 1. The second-order valence-corrected chi connectivity index (χ2v) is 5.48. The number of benzene rings is 1. The summed E-state index contributed by atoms with van der Waals surface area (Å²) < 4.78 is 11.3. The monoisotopic (exact) mass is 262 g/mol. The number of hydrogen-bond donors (Lipinski definition) is 1. The zero-order valence-corrected chi connectivity index (χ0v) is 10.9. The Morgan fingerprint density at radius 2 is 2.16 bits per heavy atom. The normalized spacial score (nSPS) is 37.2. The first-order valence-corrected chi connectivity index (χ1v) is 6.69. The molecule has 0 aromatic heterocycles. The van der Waals surface area contributed by atoms with Crippen LogP contribution in [0.5, 0.6) is 0 Å². The second kappa shape index (κ2) is 4.62. The zero-order chi connectivity index (χ0) is 13.5. The number of carboxylic acids is 1. The van der Waals surface area contributed by atoms with Crippen molar-refractivity contribution in [2.75, 3.05) is 6.61 Å². The van der Waals surface area contributed by atoms with Gasteiger partial charge in [0.15, 0.2) is 5.60 Å². The van der Waals surface area contributed by atoms with E-state index in [1.54, 1.807) is 0 Å². The first-order chi connectivity index (χ1) is 9.12. The van der Waals surface area contributed by atoms with Gasteiger partial charge in [0.2, 0.25) is 0 Å². The lowest BCUT2D eigenvalue weighted by Gasteiger charge is -2.18. The lowest BCUT2D eigenvalue weighted by molar-refractivity contribution is -0.159. The summed E-state index contributed by atoms with van der Waals surface area (Å²) in [4.78, 5) is 11.6. The van der Waals surface area contributed by atoms with E-state index in [1.165, 1.54) is 0 Å². The van der Waals surface area contributed by atoms with E-state index in [2.05, 4.69) is 0 Å². The van der Waals surface area contributed by atoms with E-state index in [0.29, 0.717) is 13.0 Å². The van der Waals surface area contributed by atoms with Gasteiger partial charge in [0.1, 0.15) is 0 Å². The van der Waals surface area contributed by atoms with Gasteiger partial charge in [-0.05, 0) is 18.9 Å². The van der Waals surface area contributed by atoms with Crippen molar-refractivity contribution in [2.24, 2.45) is 0 Å². The van der Waals surface area contributed by atoms with Crippen LogP contribution in [0.15, 0.2) is 30.3 Å². The van der Waals surface area contributed by atoms with Gasteiger partial charge in [-0.3, -0.25) is 0 Å². The highest BCUT2D eigenvalue weighted by Crippen LogP contribution is 2.55. The predicted octanol–water partition coefficient (Wildman–Crippen LogP) is 2.19. The lowest BCUT2D eigenvalue weighted by atomic mass is 10.1. The van der Waals surface area contributed by atoms with Crippen LogP contribution in [0.3, 0.4) is 0 Å². The summed E-state index contributed by atoms with van der Waals surface area (Å²) in [7, 11) is 0. The van der Waals surface area contributed by atoms with Crippen molar-refractivity contribution in [1.29, 1.82) is 0 Å². The highest BCUT2D eigenvalue weighted by atomic mass is 16.6. The number of aliphatic carboxylic acids is 1. The smallest absolute Gasteiger partial charge is 0.336 e. The number of ether oxygens (including phenoxy) is 2. The quantitative estimate of drug-likeness (QED) is 0.903. The van der Waals surface area contributed by atoms with Crippen LogP contribution in [0.4, 0.5) is 0 Å². The molecule has 2 aliphatic rings. The van der Waals surface area contributed by atoms with E-state index >= 15 is 0 Å². The van der Waals surface area contributed by atoms with Crippen molar-refractivity contribution in [1.82, 2.24) is 0 Å². The summed E-state index contributed by atoms with van der Waals surface area (Å²) in [5.41, 5.74) is -0.00346. The van der Waals surface area contributed by atoms with Crippen LogP contribution >= 0.6 is 0 Å². The molecule has 4 nitrogen and oxygen atoms in total. The van der Waals surface area contributed by atoms with Crippen LogP contribution in [0, 0.1) is 0 Å². The Labute approximate surface area is 112 Å². The molecule has 1 saturated carbocycles. The molecule has 0 bridgehead atoms. The molecule has 4 atom stereocenters. The van der Waals surface area contributed by atoms with Crippen LogP contribution in [0.2, 0.25) is 0 Å². The van der Waals surface area contributed by atoms with Gasteiger partial charge in [0.05, 0.1) is 18.8 Å². The van der Waals surface area contributed by atoms with Crippen LogP contribution in [0.25, 0.3) is 0 Å². The maximum Gasteiger partial charge on any atom is 0.336 e. The van der Waals surface area contributed by atoms with Gasteiger partial charge < -0.3 is 14.6 Å². The minimum atomic E-state index is -1.04. The van der Waals surface area contributed by atoms with Gasteiger partial charge in [-0.15, -0.1) is 0 Å². The topological polar surface area (TPSA) is 55.8 Å². The fourth-order valence-electron chi connectivity index (χ4n) is 2.89. The van der Waals surface area contributed by atoms with Crippen molar-refractivity contribution in [3.8, 4) is 0 Å². The maximum absolute atomic E-state index is 11.6. The van der Waals surface area contributed by atoms with E-state index in [-0.39, 0.29) is 18.1 Å². The van der Waals surface area contributed by atoms with E-state index in [1.807, 2.05) is 37.3 Å². The molecule has 1 aliphatic heterocycles. The molecule has 1 aliphatic carbocycles. The minimum absolute atomic E-state index is 0.0397. The summed E-state index contributed by atoms with van der Waals surface area (Å²) in [6, 6.07) is 9.72. The summed E-state index contributed by atoms with van der Waals surface area (Å²) in [6.07, 6.45) is 1.39. The number of hydrogen-bond acceptors (Lipinski definition) is 3. The Kier molecular flexibility index (Phi) is 3.07. The Hall–Kier alpha value is -1.39. The molecule has 1 aromatic carbocycles. The van der Waals surface area contributed by atoms with E-state index in [4.69, 9.17) is 9.47 Å². The fraction of sp³-hybridized carbons (Fsp3) is 0.533. The van der Waals surface area contributed by atoms with Gasteiger partial charge in [0.25, 0.3) is 0 Å². The van der Waals surface area contributed by atoms with Crippen LogP contribution in [0.1, 0.15) is 31.2 Å². The molecule has 1 aromatic rings. The van der Waals surface area contributed by atoms with Crippen LogP contribution < -0.4 is 0 Å². The van der Waals surface area contributed by atoms with Crippen molar-refractivity contribution in [3.63, 3.8) is 0 Å². The van der Waals surface area contributed by atoms with Gasteiger partial charge in [-0.25, -0.2) is 4.79 Å². The van der Waals surface area contributed by atoms with Crippen LogP contribution in [-0.4, -0.2) is 35.5 Å². The van der Waals surface area contributed by atoms with Crippen LogP contribution in [-0.2, 0) is 14.3 Å². The Bertz CT molecular complexity index is 472. The first-order valence-electron chi connectivity index (χ1n) is 6.69. The third-order valence-corrected chi connectivity index (χ3v) is 4.01. The SMILES string of the molecule is CC1CC(O[C@]2(C(=O)O)CC2c2ccccc2)CO1. The molecule has 0 spiro atoms. The Balaban J connectivity index is 1.74. The van der Waals surface area contributed by atoms with Gasteiger partial charge in [-0.1, -0.05) is 30.3 Å². The summed E-state index contributed by atoms with van der Waals surface area (Å²) in [5, 5.41) is 9.50. The molecular formula is C15H18O4. The summed E-state index contributed by atoms with van der Waals surface area (Å²) in [5.74, 6) is -0.900. The standard InChI is InChI=1S/C15H18O4/c1-10-7-12(9-18-10)19-15(14(16)17)8-13(15)11-5-3-2-4-6-11/h2-6,10,12-13H,7-9H2,1H3,(H,16,17)/t10?,12?,13?,15-/m1/s1. The second-order valence-electron chi connectivity index (χ2n) is 5.48. The highest BCUT2D eigenvalue weighted by Gasteiger charge is 2.63. The summed E-state index contributed by atoms with van der Waals surface area (Å²) >= 11 is 0. The fourth-order valence-corrected chi connectivity index (χ4v) is 2.89. The predicted molar refractivity (Wildman–Crippen MR) is 69.1 cm³/mol. The van der Waals surface area contributed by atoms with Gasteiger partial charge >= 0.3 is 5.97 Å². The average Bonchev–Trinajstić information content (AvgIpc) is 3.00. The molecule has 1 heterocycles. The third-order valence-electron chi connectivity index (χ3n) is 4.01. The van der Waals surface area contributed by atoms with Crippen molar-refractivity contribution < 1.29 is 19.4 Å². The largest absolute Gasteiger partial charge is 0.479 e. The molecule has 4 heteroatoms. The molecule has 3 rings (SSSR count). The van der Waals surface area contributed by atoms with Crippen molar-refractivity contribution in [2.45, 2.75) is 43.5 Å². The molecule has 1 saturated heterocycles. The molecule has 3 unspecified atom stereocenters. The lowest BCUT2D eigenvalue weighted by Crippen LogP contribution is -2.33. The van der Waals surface area contributed by atoms with E-state index < -0.39 is 11.6 Å². The Morgan fingerprint density at radius 3 is 2.74 bits per heavy atom. The van der Waals surface area contributed by atoms with Gasteiger partial charge in [0, 0.05) is 12.3 Å². The third kappa shape index (κ3) is 2.26. The zero-order valence-electron chi connectivity index (χ0n) is 10.9. The van der Waals surface area contributed by atoms with Crippen molar-refractivity contribution in [3.05, 3.63) is 35.9 Å².